The summed E-state index contributed by atoms with van der Waals surface area (Å²) in [6.07, 6.45) is 5.18. The Morgan fingerprint density at radius 1 is 1.32 bits per heavy atom. The molecule has 0 saturated carbocycles. The molecule has 0 aromatic heterocycles. The first-order chi connectivity index (χ1) is 9.11. The molecule has 0 amide bonds. The number of fused-ring (bicyclic) bond motifs is 1. The molecule has 1 atom stereocenters. The van der Waals surface area contributed by atoms with Crippen molar-refractivity contribution in [2.45, 2.75) is 52.0 Å². The van der Waals surface area contributed by atoms with Gasteiger partial charge >= 0.3 is 0 Å². The van der Waals surface area contributed by atoms with Crippen LogP contribution in [0.1, 0.15) is 44.2 Å². The second-order valence-corrected chi connectivity index (χ2v) is 6.41. The van der Waals surface area contributed by atoms with Gasteiger partial charge in [0, 0.05) is 19.0 Å². The molecule has 19 heavy (non-hydrogen) atoms. The summed E-state index contributed by atoms with van der Waals surface area (Å²) in [6.45, 7) is 5.49. The highest BCUT2D eigenvalue weighted by molar-refractivity contribution is 5.30. The van der Waals surface area contributed by atoms with E-state index in [1.807, 2.05) is 0 Å². The van der Waals surface area contributed by atoms with Gasteiger partial charge in [0.05, 0.1) is 6.07 Å². The molecule has 0 spiro atoms. The van der Waals surface area contributed by atoms with Gasteiger partial charge in [0.1, 0.15) is 0 Å². The first-order valence-electron chi connectivity index (χ1n) is 7.28. The zero-order chi connectivity index (χ0) is 13.7. The first-order valence-corrected chi connectivity index (χ1v) is 7.28. The second kappa shape index (κ2) is 6.21. The lowest BCUT2D eigenvalue weighted by Gasteiger charge is -2.30. The average molecular weight is 256 g/mol. The van der Waals surface area contributed by atoms with Crippen LogP contribution in [-0.2, 0) is 12.8 Å². The third-order valence-corrected chi connectivity index (χ3v) is 4.13. The van der Waals surface area contributed by atoms with E-state index in [1.54, 1.807) is 0 Å². The third-order valence-electron chi connectivity index (χ3n) is 4.13. The lowest BCUT2D eigenvalue weighted by molar-refractivity contribution is 0.291. The van der Waals surface area contributed by atoms with Gasteiger partial charge in [-0.15, -0.1) is 0 Å². The third kappa shape index (κ3) is 4.08. The van der Waals surface area contributed by atoms with Crippen LogP contribution < -0.4 is 5.32 Å². The second-order valence-electron chi connectivity index (χ2n) is 6.41. The predicted octanol–water partition coefficient (Wildman–Crippen LogP) is 3.46. The van der Waals surface area contributed by atoms with Crippen LogP contribution in [-0.4, -0.2) is 12.6 Å². The van der Waals surface area contributed by atoms with Crippen molar-refractivity contribution in [1.29, 1.82) is 5.26 Å². The zero-order valence-electron chi connectivity index (χ0n) is 12.1. The molecule has 0 radical (unpaired) electrons. The number of benzene rings is 1. The van der Waals surface area contributed by atoms with Crippen molar-refractivity contribution in [1.82, 2.24) is 5.32 Å². The number of hydrogen-bond donors (Lipinski definition) is 1. The minimum Gasteiger partial charge on any atom is -0.313 e. The summed E-state index contributed by atoms with van der Waals surface area (Å²) < 4.78 is 0. The molecule has 1 aromatic rings. The van der Waals surface area contributed by atoms with Crippen molar-refractivity contribution in [2.75, 3.05) is 6.54 Å². The molecule has 1 aliphatic carbocycles. The Hall–Kier alpha value is -1.33. The highest BCUT2D eigenvalue weighted by Crippen LogP contribution is 2.24. The van der Waals surface area contributed by atoms with E-state index in [1.165, 1.54) is 24.0 Å². The number of aryl methyl sites for hydroxylation is 1. The van der Waals surface area contributed by atoms with Gasteiger partial charge in [-0.2, -0.15) is 5.26 Å². The largest absolute Gasteiger partial charge is 0.313 e. The molecule has 1 unspecified atom stereocenters. The van der Waals surface area contributed by atoms with Gasteiger partial charge in [-0.05, 0) is 42.2 Å². The Morgan fingerprint density at radius 3 is 2.79 bits per heavy atom. The summed E-state index contributed by atoms with van der Waals surface area (Å²) >= 11 is 0. The maximum Gasteiger partial charge on any atom is 0.0621 e. The van der Waals surface area contributed by atoms with E-state index < -0.39 is 0 Å². The molecule has 0 saturated heterocycles. The monoisotopic (exact) mass is 256 g/mol. The highest BCUT2D eigenvalue weighted by atomic mass is 14.9. The molecule has 2 heteroatoms. The molecule has 1 aliphatic rings. The first kappa shape index (κ1) is 14.1. The standard InChI is InChI=1S/C17H24N2/c1-17(2,10-5-11-18)13-19-16-9-8-14-6-3-4-7-15(14)12-16/h3-4,6-7,16,19H,5,8-10,12-13H2,1-2H3. The van der Waals surface area contributed by atoms with Crippen molar-refractivity contribution in [3.05, 3.63) is 35.4 Å². The van der Waals surface area contributed by atoms with Gasteiger partial charge in [-0.3, -0.25) is 0 Å². The van der Waals surface area contributed by atoms with E-state index in [-0.39, 0.29) is 5.41 Å². The van der Waals surface area contributed by atoms with Crippen LogP contribution in [0.2, 0.25) is 0 Å². The number of nitrogens with zero attached hydrogens (tertiary/aromatic N) is 1. The number of nitriles is 1. The van der Waals surface area contributed by atoms with Crippen molar-refractivity contribution >= 4 is 0 Å². The van der Waals surface area contributed by atoms with Gasteiger partial charge in [0.25, 0.3) is 0 Å². The smallest absolute Gasteiger partial charge is 0.0621 e. The van der Waals surface area contributed by atoms with E-state index in [0.717, 1.165) is 19.4 Å². The SMILES string of the molecule is CC(C)(CCC#N)CNC1CCc2ccccc2C1. The predicted molar refractivity (Wildman–Crippen MR) is 78.9 cm³/mol. The maximum absolute atomic E-state index is 8.69. The van der Waals surface area contributed by atoms with Crippen LogP contribution in [0.3, 0.4) is 0 Å². The highest BCUT2D eigenvalue weighted by Gasteiger charge is 2.22. The molecule has 0 bridgehead atoms. The van der Waals surface area contributed by atoms with Crippen LogP contribution in [0.15, 0.2) is 24.3 Å². The Kier molecular flexibility index (Phi) is 4.61. The molecule has 2 rings (SSSR count). The molecular weight excluding hydrogens is 232 g/mol. The minimum atomic E-state index is 0.215. The zero-order valence-corrected chi connectivity index (χ0v) is 12.1. The fraction of sp³-hybridized carbons (Fsp3) is 0.588. The van der Waals surface area contributed by atoms with E-state index in [4.69, 9.17) is 5.26 Å². The van der Waals surface area contributed by atoms with Crippen molar-refractivity contribution in [2.24, 2.45) is 5.41 Å². The van der Waals surface area contributed by atoms with Gasteiger partial charge in [0.2, 0.25) is 0 Å². The molecular formula is C17H24N2. The van der Waals surface area contributed by atoms with Crippen molar-refractivity contribution in [3.63, 3.8) is 0 Å². The topological polar surface area (TPSA) is 35.8 Å². The van der Waals surface area contributed by atoms with Crippen molar-refractivity contribution < 1.29 is 0 Å². The molecule has 0 fully saturated rings. The van der Waals surface area contributed by atoms with E-state index in [9.17, 15) is 0 Å². The number of rotatable bonds is 5. The average Bonchev–Trinajstić information content (AvgIpc) is 2.43. The van der Waals surface area contributed by atoms with Gasteiger partial charge < -0.3 is 5.32 Å². The molecule has 2 nitrogen and oxygen atoms in total. The Bertz CT molecular complexity index is 457. The van der Waals surface area contributed by atoms with Gasteiger partial charge in [-0.1, -0.05) is 38.1 Å². The summed E-state index contributed by atoms with van der Waals surface area (Å²) in [5.74, 6) is 0. The van der Waals surface area contributed by atoms with E-state index in [2.05, 4.69) is 49.5 Å². The van der Waals surface area contributed by atoms with Crippen LogP contribution in [0, 0.1) is 16.7 Å². The molecule has 1 N–H and O–H groups in total. The molecule has 0 aliphatic heterocycles. The Labute approximate surface area is 116 Å². The van der Waals surface area contributed by atoms with Gasteiger partial charge in [0.15, 0.2) is 0 Å². The Morgan fingerprint density at radius 2 is 2.05 bits per heavy atom. The summed E-state index contributed by atoms with van der Waals surface area (Å²) in [4.78, 5) is 0. The summed E-state index contributed by atoms with van der Waals surface area (Å²) in [7, 11) is 0. The minimum absolute atomic E-state index is 0.215. The maximum atomic E-state index is 8.69. The lowest BCUT2D eigenvalue weighted by atomic mass is 9.85. The van der Waals surface area contributed by atoms with E-state index >= 15 is 0 Å². The number of nitrogens with one attached hydrogen (secondary N) is 1. The fourth-order valence-corrected chi connectivity index (χ4v) is 2.78. The Balaban J connectivity index is 1.84. The fourth-order valence-electron chi connectivity index (χ4n) is 2.78. The molecule has 1 aromatic carbocycles. The van der Waals surface area contributed by atoms with E-state index in [0.29, 0.717) is 12.5 Å². The molecule has 102 valence electrons. The van der Waals surface area contributed by atoms with Crippen LogP contribution in [0.4, 0.5) is 0 Å². The van der Waals surface area contributed by atoms with Crippen LogP contribution >= 0.6 is 0 Å². The summed E-state index contributed by atoms with van der Waals surface area (Å²) in [5.41, 5.74) is 3.23. The lowest BCUT2D eigenvalue weighted by Crippen LogP contribution is -2.40. The molecule has 0 heterocycles. The van der Waals surface area contributed by atoms with Crippen molar-refractivity contribution in [3.8, 4) is 6.07 Å². The van der Waals surface area contributed by atoms with Crippen LogP contribution in [0.5, 0.6) is 0 Å². The summed E-state index contributed by atoms with van der Waals surface area (Å²) in [5, 5.41) is 12.4. The quantitative estimate of drug-likeness (QED) is 0.875. The van der Waals surface area contributed by atoms with Gasteiger partial charge in [-0.25, -0.2) is 0 Å². The normalized spacial score (nSPS) is 18.7. The number of hydrogen-bond acceptors (Lipinski definition) is 2. The summed E-state index contributed by atoms with van der Waals surface area (Å²) in [6, 6.07) is 11.6. The van der Waals surface area contributed by atoms with Crippen LogP contribution in [0.25, 0.3) is 0 Å².